The fourth-order valence-corrected chi connectivity index (χ4v) is 11.6. The first-order chi connectivity index (χ1) is 16.2. The molecule has 0 heterocycles. The summed E-state index contributed by atoms with van der Waals surface area (Å²) in [6.45, 7) is 20.8. The van der Waals surface area contributed by atoms with Gasteiger partial charge < -0.3 is 4.74 Å². The fourth-order valence-electron chi connectivity index (χ4n) is 6.21. The van der Waals surface area contributed by atoms with Crippen LogP contribution in [-0.2, 0) is 5.41 Å². The lowest BCUT2D eigenvalue weighted by atomic mass is 9.85. The Morgan fingerprint density at radius 3 is 2.35 bits per heavy atom. The number of fused-ring (bicyclic) bond motifs is 3. The Bertz CT molecular complexity index is 1250. The van der Waals surface area contributed by atoms with Crippen molar-refractivity contribution < 1.29 is 4.74 Å². The van der Waals surface area contributed by atoms with E-state index in [0.717, 1.165) is 5.75 Å². The van der Waals surface area contributed by atoms with Crippen LogP contribution >= 0.6 is 0 Å². The molecule has 1 unspecified atom stereocenters. The smallest absolute Gasteiger partial charge is 0.122 e. The van der Waals surface area contributed by atoms with Crippen LogP contribution in [0.15, 0.2) is 66.8 Å². The molecule has 1 aliphatic rings. The van der Waals surface area contributed by atoms with Gasteiger partial charge in [0.1, 0.15) is 20.4 Å². The van der Waals surface area contributed by atoms with E-state index in [1.807, 2.05) is 6.08 Å². The predicted octanol–water partition coefficient (Wildman–Crippen LogP) is 8.45. The molecule has 0 amide bonds. The van der Waals surface area contributed by atoms with Crippen molar-refractivity contribution in [1.29, 1.82) is 0 Å². The van der Waals surface area contributed by atoms with E-state index >= 15 is 0 Å². The van der Waals surface area contributed by atoms with E-state index in [0.29, 0.717) is 12.1 Å². The highest BCUT2D eigenvalue weighted by Crippen LogP contribution is 2.48. The lowest BCUT2D eigenvalue weighted by molar-refractivity contribution is 0.353. The summed E-state index contributed by atoms with van der Waals surface area (Å²) >= 11 is 0. The summed E-state index contributed by atoms with van der Waals surface area (Å²) in [5.41, 5.74) is 7.58. The Morgan fingerprint density at radius 1 is 1.00 bits per heavy atom. The molecule has 2 heteroatoms. The number of aryl methyl sites for hydroxylation is 1. The first-order valence-electron chi connectivity index (χ1n) is 12.8. The lowest BCUT2D eigenvalue weighted by Gasteiger charge is -2.40. The van der Waals surface area contributed by atoms with Gasteiger partial charge in [0.15, 0.2) is 0 Å². The van der Waals surface area contributed by atoms with Crippen LogP contribution in [0.3, 0.4) is 0 Å². The van der Waals surface area contributed by atoms with Gasteiger partial charge in [0, 0.05) is 5.54 Å². The molecule has 0 bridgehead atoms. The van der Waals surface area contributed by atoms with Crippen LogP contribution in [0.2, 0.25) is 12.1 Å². The molecule has 3 aromatic carbocycles. The van der Waals surface area contributed by atoms with Crippen LogP contribution in [0.4, 0.5) is 0 Å². The van der Waals surface area contributed by atoms with Crippen LogP contribution in [-0.4, -0.2) is 14.7 Å². The first kappa shape index (κ1) is 24.5. The Balaban J connectivity index is 2.02. The number of allylic oxidation sites excluding steroid dienone is 1. The standard InChI is InChI=1S/C32H40OSi/c1-9-18-33-30-28(32(6,7)8)19-22(4)20-29(30)34(10-2,11-3)31-23(5)21-27-25-15-13-12-14-24(25)16-17-26(27)31/h9,12-17,19-21,31H,1,10-11,18H2,2-8H3. The molecule has 4 rings (SSSR count). The first-order valence-corrected chi connectivity index (χ1v) is 15.3. The van der Waals surface area contributed by atoms with Crippen molar-refractivity contribution in [2.75, 3.05) is 6.61 Å². The second-order valence-electron chi connectivity index (χ2n) is 11.0. The maximum absolute atomic E-state index is 6.56. The molecule has 0 aromatic heterocycles. The molecule has 1 atom stereocenters. The Morgan fingerprint density at radius 2 is 1.71 bits per heavy atom. The van der Waals surface area contributed by atoms with Gasteiger partial charge in [0.05, 0.1) is 0 Å². The molecule has 3 aromatic rings. The van der Waals surface area contributed by atoms with Crippen molar-refractivity contribution in [3.05, 3.63) is 89.0 Å². The molecule has 178 valence electrons. The molecular formula is C32H40OSi. The SMILES string of the molecule is C=CCOc1c(C(C)(C)C)cc(C)cc1[Si](CC)(CC)C1C(C)=Cc2c1ccc1ccccc21. The molecule has 0 radical (unpaired) electrons. The summed E-state index contributed by atoms with van der Waals surface area (Å²) in [7, 11) is -2.05. The van der Waals surface area contributed by atoms with Crippen molar-refractivity contribution >= 4 is 30.1 Å². The van der Waals surface area contributed by atoms with E-state index in [-0.39, 0.29) is 5.41 Å². The Kier molecular flexibility index (Phi) is 6.66. The normalized spacial score (nSPS) is 15.9. The summed E-state index contributed by atoms with van der Waals surface area (Å²) in [6.07, 6.45) is 4.35. The molecule has 34 heavy (non-hydrogen) atoms. The topological polar surface area (TPSA) is 9.23 Å². The van der Waals surface area contributed by atoms with Gasteiger partial charge in [-0.3, -0.25) is 0 Å². The van der Waals surface area contributed by atoms with E-state index in [1.54, 1.807) is 0 Å². The van der Waals surface area contributed by atoms with E-state index < -0.39 is 8.07 Å². The highest BCUT2D eigenvalue weighted by atomic mass is 28.3. The van der Waals surface area contributed by atoms with Crippen molar-refractivity contribution in [3.8, 4) is 5.75 Å². The number of ether oxygens (including phenoxy) is 1. The average molecular weight is 469 g/mol. The molecule has 1 nitrogen and oxygen atoms in total. The van der Waals surface area contributed by atoms with Crippen molar-refractivity contribution in [2.24, 2.45) is 0 Å². The highest BCUT2D eigenvalue weighted by molar-refractivity contribution is 6.94. The minimum atomic E-state index is -2.05. The van der Waals surface area contributed by atoms with Crippen LogP contribution in [0.25, 0.3) is 16.8 Å². The molecule has 0 spiro atoms. The van der Waals surface area contributed by atoms with E-state index in [9.17, 15) is 0 Å². The van der Waals surface area contributed by atoms with E-state index in [2.05, 4.69) is 110 Å². The van der Waals surface area contributed by atoms with Crippen molar-refractivity contribution in [2.45, 2.75) is 71.5 Å². The summed E-state index contributed by atoms with van der Waals surface area (Å²) in [6, 6.07) is 20.7. The zero-order valence-electron chi connectivity index (χ0n) is 22.1. The third-order valence-corrected chi connectivity index (χ3v) is 13.7. The summed E-state index contributed by atoms with van der Waals surface area (Å²) < 4.78 is 6.56. The summed E-state index contributed by atoms with van der Waals surface area (Å²) in [4.78, 5) is 0. The van der Waals surface area contributed by atoms with Gasteiger partial charge in [-0.25, -0.2) is 0 Å². The van der Waals surface area contributed by atoms with Gasteiger partial charge in [-0.05, 0) is 51.9 Å². The second kappa shape index (κ2) is 9.22. The minimum absolute atomic E-state index is 0.00751. The monoisotopic (exact) mass is 468 g/mol. The molecule has 1 aliphatic carbocycles. The third kappa shape index (κ3) is 3.96. The number of hydrogen-bond acceptors (Lipinski definition) is 1. The maximum atomic E-state index is 6.56. The van der Waals surface area contributed by atoms with E-state index in [4.69, 9.17) is 4.74 Å². The van der Waals surface area contributed by atoms with Gasteiger partial charge in [-0.1, -0.05) is 125 Å². The minimum Gasteiger partial charge on any atom is -0.489 e. The fraction of sp³-hybridized carbons (Fsp3) is 0.375. The van der Waals surface area contributed by atoms with Crippen LogP contribution in [0, 0.1) is 6.92 Å². The van der Waals surface area contributed by atoms with Crippen LogP contribution in [0.1, 0.15) is 69.3 Å². The molecular weight excluding hydrogens is 428 g/mol. The number of hydrogen-bond donors (Lipinski definition) is 0. The van der Waals surface area contributed by atoms with Gasteiger partial charge in [-0.15, -0.1) is 0 Å². The second-order valence-corrected chi connectivity index (χ2v) is 15.9. The third-order valence-electron chi connectivity index (χ3n) is 7.88. The summed E-state index contributed by atoms with van der Waals surface area (Å²) in [5.74, 6) is 1.12. The lowest BCUT2D eigenvalue weighted by Crippen LogP contribution is -2.53. The molecule has 0 N–H and O–H groups in total. The molecule has 0 saturated heterocycles. The zero-order valence-corrected chi connectivity index (χ0v) is 23.1. The summed E-state index contributed by atoms with van der Waals surface area (Å²) in [5, 5.41) is 4.19. The molecule has 0 fully saturated rings. The van der Waals surface area contributed by atoms with Gasteiger partial charge in [0.25, 0.3) is 0 Å². The maximum Gasteiger partial charge on any atom is 0.122 e. The van der Waals surface area contributed by atoms with Gasteiger partial charge >= 0.3 is 0 Å². The zero-order chi connectivity index (χ0) is 24.7. The quantitative estimate of drug-likeness (QED) is 0.250. The van der Waals surface area contributed by atoms with Crippen LogP contribution < -0.4 is 9.92 Å². The largest absolute Gasteiger partial charge is 0.489 e. The molecule has 0 saturated carbocycles. The van der Waals surface area contributed by atoms with Crippen molar-refractivity contribution in [3.63, 3.8) is 0 Å². The number of benzene rings is 3. The van der Waals surface area contributed by atoms with Crippen molar-refractivity contribution in [1.82, 2.24) is 0 Å². The Labute approximate surface area is 207 Å². The van der Waals surface area contributed by atoms with Crippen LogP contribution in [0.5, 0.6) is 5.75 Å². The Hall–Kier alpha value is -2.58. The molecule has 0 aliphatic heterocycles. The predicted molar refractivity (Wildman–Crippen MR) is 152 cm³/mol. The highest BCUT2D eigenvalue weighted by Gasteiger charge is 2.47. The average Bonchev–Trinajstić information content (AvgIpc) is 3.16. The van der Waals surface area contributed by atoms with Gasteiger partial charge in [-0.2, -0.15) is 0 Å². The number of rotatable bonds is 7. The van der Waals surface area contributed by atoms with E-state index in [1.165, 1.54) is 55.9 Å². The van der Waals surface area contributed by atoms with Gasteiger partial charge in [0.2, 0.25) is 0 Å².